The molecule has 0 aliphatic rings. The van der Waals surface area contributed by atoms with Gasteiger partial charge in [0.15, 0.2) is 0 Å². The molecule has 0 bridgehead atoms. The zero-order valence-corrected chi connectivity index (χ0v) is 12.4. The second kappa shape index (κ2) is 6.40. The van der Waals surface area contributed by atoms with E-state index < -0.39 is 10.8 Å². The van der Waals surface area contributed by atoms with E-state index in [1.54, 1.807) is 19.1 Å². The largest absolute Gasteiger partial charge is 0.334 e. The second-order valence-corrected chi connectivity index (χ2v) is 5.67. The third-order valence-electron chi connectivity index (χ3n) is 2.71. The molecule has 110 valence electrons. The van der Waals surface area contributed by atoms with E-state index in [4.69, 9.17) is 5.84 Å². The molecule has 1 amide bonds. The number of anilines is 1. The van der Waals surface area contributed by atoms with Crippen molar-refractivity contribution in [2.24, 2.45) is 0 Å². The Hall–Kier alpha value is -2.35. The predicted molar refractivity (Wildman–Crippen MR) is 81.6 cm³/mol. The van der Waals surface area contributed by atoms with E-state index in [1.165, 1.54) is 6.92 Å². The van der Waals surface area contributed by atoms with Gasteiger partial charge in [-0.3, -0.25) is 9.59 Å². The molecule has 1 atom stereocenters. The molecule has 0 saturated carbocycles. The summed E-state index contributed by atoms with van der Waals surface area (Å²) in [5, 5.41) is 10.1. The number of nitrogens with two attached hydrogens (primary N) is 1. The normalized spacial score (nSPS) is 11.9. The maximum Gasteiger partial charge on any atom is 0.294 e. The zero-order chi connectivity index (χ0) is 15.4. The average molecular weight is 305 g/mol. The lowest BCUT2D eigenvalue weighted by atomic mass is 10.3. The van der Waals surface area contributed by atoms with Gasteiger partial charge >= 0.3 is 0 Å². The van der Waals surface area contributed by atoms with Crippen LogP contribution in [0.5, 0.6) is 0 Å². The Labute approximate surface area is 125 Å². The number of hydrogen-bond donors (Lipinski definition) is 2. The van der Waals surface area contributed by atoms with E-state index in [-0.39, 0.29) is 16.8 Å². The molecule has 21 heavy (non-hydrogen) atoms. The molecular weight excluding hydrogens is 290 g/mol. The lowest BCUT2D eigenvalue weighted by molar-refractivity contribution is -0.115. The predicted octanol–water partition coefficient (Wildman–Crippen LogP) is 0.780. The van der Waals surface area contributed by atoms with Crippen molar-refractivity contribution in [2.45, 2.75) is 24.3 Å². The molecule has 0 aliphatic carbocycles. The number of carbonyl (C=O) groups excluding carboxylic acids is 1. The van der Waals surface area contributed by atoms with Crippen LogP contribution in [0, 0.1) is 6.92 Å². The van der Waals surface area contributed by atoms with Crippen LogP contribution in [0.15, 0.2) is 40.3 Å². The summed E-state index contributed by atoms with van der Waals surface area (Å²) in [6.45, 7) is 3.23. The number of amides is 1. The van der Waals surface area contributed by atoms with Gasteiger partial charge in [-0.25, -0.2) is 0 Å². The first-order valence-corrected chi connectivity index (χ1v) is 7.11. The van der Waals surface area contributed by atoms with Gasteiger partial charge in [0, 0.05) is 5.69 Å². The van der Waals surface area contributed by atoms with Gasteiger partial charge in [-0.1, -0.05) is 30.0 Å². The van der Waals surface area contributed by atoms with E-state index in [2.05, 4.69) is 15.5 Å². The molecule has 2 rings (SSSR count). The van der Waals surface area contributed by atoms with Crippen LogP contribution < -0.4 is 16.7 Å². The summed E-state index contributed by atoms with van der Waals surface area (Å²) in [7, 11) is 0. The fourth-order valence-corrected chi connectivity index (χ4v) is 2.29. The molecule has 8 heteroatoms. The first-order chi connectivity index (χ1) is 9.99. The van der Waals surface area contributed by atoms with Gasteiger partial charge < -0.3 is 11.2 Å². The number of thioether (sulfide) groups is 1. The van der Waals surface area contributed by atoms with Gasteiger partial charge in [-0.2, -0.15) is 4.68 Å². The summed E-state index contributed by atoms with van der Waals surface area (Å²) in [5.74, 6) is 5.43. The average Bonchev–Trinajstić information content (AvgIpc) is 2.48. The summed E-state index contributed by atoms with van der Waals surface area (Å²) in [5.41, 5.74) is 0.487. The fourth-order valence-electron chi connectivity index (χ4n) is 1.53. The molecule has 1 aromatic carbocycles. The van der Waals surface area contributed by atoms with E-state index >= 15 is 0 Å². The number of aromatic nitrogens is 3. The molecule has 0 spiro atoms. The molecule has 2 aromatic rings. The Morgan fingerprint density at radius 1 is 1.33 bits per heavy atom. The minimum atomic E-state index is -0.476. The van der Waals surface area contributed by atoms with Crippen molar-refractivity contribution in [1.82, 2.24) is 14.9 Å². The number of para-hydroxylation sites is 1. The summed E-state index contributed by atoms with van der Waals surface area (Å²) in [6, 6.07) is 9.11. The smallest absolute Gasteiger partial charge is 0.294 e. The first kappa shape index (κ1) is 15.0. The van der Waals surface area contributed by atoms with Crippen molar-refractivity contribution in [3.8, 4) is 0 Å². The van der Waals surface area contributed by atoms with Gasteiger partial charge in [0.05, 0.1) is 5.25 Å². The summed E-state index contributed by atoms with van der Waals surface area (Å²) in [6.07, 6.45) is 0. The molecule has 1 aromatic heterocycles. The number of nitrogen functional groups attached to an aromatic ring is 1. The Morgan fingerprint density at radius 3 is 2.67 bits per heavy atom. The molecule has 1 heterocycles. The van der Waals surface area contributed by atoms with Crippen LogP contribution in [-0.2, 0) is 4.79 Å². The van der Waals surface area contributed by atoms with Crippen LogP contribution in [0.1, 0.15) is 12.6 Å². The summed E-state index contributed by atoms with van der Waals surface area (Å²) in [4.78, 5) is 23.7. The second-order valence-electron chi connectivity index (χ2n) is 4.36. The van der Waals surface area contributed by atoms with Crippen LogP contribution in [0.2, 0.25) is 0 Å². The van der Waals surface area contributed by atoms with Crippen molar-refractivity contribution >= 4 is 23.4 Å². The standard InChI is InChI=1S/C13H15N5O2S/c1-8-12(20)18(14)13(17-16-8)21-9(2)11(19)15-10-6-4-3-5-7-10/h3-7,9H,14H2,1-2H3,(H,15,19)/t9-/m1/s1. The number of nitrogens with zero attached hydrogens (tertiary/aromatic N) is 3. The molecule has 7 nitrogen and oxygen atoms in total. The Morgan fingerprint density at radius 2 is 2.00 bits per heavy atom. The molecule has 0 radical (unpaired) electrons. The molecule has 3 N–H and O–H groups in total. The van der Waals surface area contributed by atoms with Crippen molar-refractivity contribution in [3.05, 3.63) is 46.4 Å². The number of benzene rings is 1. The quantitative estimate of drug-likeness (QED) is 0.639. The third kappa shape index (κ3) is 3.60. The monoisotopic (exact) mass is 305 g/mol. The van der Waals surface area contributed by atoms with Crippen molar-refractivity contribution in [3.63, 3.8) is 0 Å². The highest BCUT2D eigenvalue weighted by atomic mass is 32.2. The van der Waals surface area contributed by atoms with Gasteiger partial charge in [0.25, 0.3) is 5.56 Å². The van der Waals surface area contributed by atoms with E-state index in [0.29, 0.717) is 5.69 Å². The summed E-state index contributed by atoms with van der Waals surface area (Å²) < 4.78 is 0.902. The molecule has 0 fully saturated rings. The van der Waals surface area contributed by atoms with Gasteiger partial charge in [-0.15, -0.1) is 10.2 Å². The van der Waals surface area contributed by atoms with Crippen LogP contribution in [0.3, 0.4) is 0 Å². The van der Waals surface area contributed by atoms with Crippen molar-refractivity contribution in [2.75, 3.05) is 11.2 Å². The van der Waals surface area contributed by atoms with Crippen LogP contribution in [-0.4, -0.2) is 26.0 Å². The highest BCUT2D eigenvalue weighted by Gasteiger charge is 2.18. The third-order valence-corrected chi connectivity index (χ3v) is 3.77. The Balaban J connectivity index is 2.08. The highest BCUT2D eigenvalue weighted by molar-refractivity contribution is 8.00. The SMILES string of the molecule is Cc1nnc(S[C@H](C)C(=O)Nc2ccccc2)n(N)c1=O. The highest BCUT2D eigenvalue weighted by Crippen LogP contribution is 2.20. The topological polar surface area (TPSA) is 103 Å². The Bertz CT molecular complexity index is 701. The van der Waals surface area contributed by atoms with Crippen LogP contribution >= 0.6 is 11.8 Å². The van der Waals surface area contributed by atoms with E-state index in [9.17, 15) is 9.59 Å². The molecule has 0 saturated heterocycles. The van der Waals surface area contributed by atoms with E-state index in [1.807, 2.05) is 18.2 Å². The maximum absolute atomic E-state index is 12.1. The van der Waals surface area contributed by atoms with Crippen LogP contribution in [0.4, 0.5) is 5.69 Å². The Kier molecular flexibility index (Phi) is 4.59. The van der Waals surface area contributed by atoms with Crippen LogP contribution in [0.25, 0.3) is 0 Å². The number of aryl methyl sites for hydroxylation is 1. The van der Waals surface area contributed by atoms with Crippen molar-refractivity contribution in [1.29, 1.82) is 0 Å². The molecular formula is C13H15N5O2S. The lowest BCUT2D eigenvalue weighted by Crippen LogP contribution is -2.33. The van der Waals surface area contributed by atoms with E-state index in [0.717, 1.165) is 16.4 Å². The number of carbonyl (C=O) groups is 1. The minimum Gasteiger partial charge on any atom is -0.334 e. The minimum absolute atomic E-state index is 0.196. The number of hydrogen-bond acceptors (Lipinski definition) is 6. The molecule has 0 aliphatic heterocycles. The maximum atomic E-state index is 12.1. The molecule has 0 unspecified atom stereocenters. The van der Waals surface area contributed by atoms with Gasteiger partial charge in [0.1, 0.15) is 5.69 Å². The lowest BCUT2D eigenvalue weighted by Gasteiger charge is -2.12. The van der Waals surface area contributed by atoms with Crippen molar-refractivity contribution < 1.29 is 4.79 Å². The fraction of sp³-hybridized carbons (Fsp3) is 0.231. The van der Waals surface area contributed by atoms with Gasteiger partial charge in [-0.05, 0) is 26.0 Å². The first-order valence-electron chi connectivity index (χ1n) is 6.23. The zero-order valence-electron chi connectivity index (χ0n) is 11.6. The number of nitrogens with one attached hydrogen (secondary N) is 1. The number of rotatable bonds is 4. The summed E-state index contributed by atoms with van der Waals surface area (Å²) >= 11 is 1.07. The van der Waals surface area contributed by atoms with Gasteiger partial charge in [0.2, 0.25) is 11.1 Å².